The van der Waals surface area contributed by atoms with Crippen LogP contribution in [0.2, 0.25) is 0 Å². The molecule has 0 aliphatic heterocycles. The number of aryl methyl sites for hydroxylation is 1. The monoisotopic (exact) mass is 230 g/mol. The van der Waals surface area contributed by atoms with E-state index in [-0.39, 0.29) is 0 Å². The second-order valence-electron chi connectivity index (χ2n) is 4.49. The van der Waals surface area contributed by atoms with E-state index in [1.807, 2.05) is 37.3 Å². The Hall–Kier alpha value is -1.70. The normalized spacial score (nSPS) is 10.8. The zero-order chi connectivity index (χ0) is 12.3. The molecule has 0 bridgehead atoms. The lowest BCUT2D eigenvalue weighted by atomic mass is 10.0. The van der Waals surface area contributed by atoms with Gasteiger partial charge in [-0.1, -0.05) is 32.0 Å². The van der Waals surface area contributed by atoms with Crippen LogP contribution in [0, 0.1) is 6.92 Å². The maximum Gasteiger partial charge on any atom is 0.146 e. The summed E-state index contributed by atoms with van der Waals surface area (Å²) in [4.78, 5) is 0. The number of furan rings is 1. The molecule has 0 atom stereocenters. The van der Waals surface area contributed by atoms with Gasteiger partial charge in [-0.05, 0) is 36.6 Å². The summed E-state index contributed by atoms with van der Waals surface area (Å²) >= 11 is 0. The zero-order valence-corrected chi connectivity index (χ0v) is 10.6. The molecule has 1 aromatic carbocycles. The van der Waals surface area contributed by atoms with Gasteiger partial charge in [0.15, 0.2) is 0 Å². The third-order valence-corrected chi connectivity index (χ3v) is 2.71. The summed E-state index contributed by atoms with van der Waals surface area (Å²) in [6.45, 7) is 6.75. The second-order valence-corrected chi connectivity index (χ2v) is 4.49. The van der Waals surface area contributed by atoms with Gasteiger partial charge in [0, 0.05) is 0 Å². The van der Waals surface area contributed by atoms with Gasteiger partial charge in [0.25, 0.3) is 0 Å². The van der Waals surface area contributed by atoms with Crippen LogP contribution in [0.4, 0.5) is 0 Å². The Balaban J connectivity index is 2.08. The summed E-state index contributed by atoms with van der Waals surface area (Å²) in [7, 11) is 0. The number of benzene rings is 1. The molecule has 0 saturated heterocycles. The summed E-state index contributed by atoms with van der Waals surface area (Å²) in [5.41, 5.74) is 1.23. The fraction of sp³-hybridized carbons (Fsp3) is 0.333. The summed E-state index contributed by atoms with van der Waals surface area (Å²) in [5, 5.41) is 0. The SMILES string of the molecule is Cc1ccc(COc2ccccc2C(C)C)o1. The molecule has 2 heteroatoms. The van der Waals surface area contributed by atoms with Gasteiger partial charge in [-0.2, -0.15) is 0 Å². The quantitative estimate of drug-likeness (QED) is 0.781. The highest BCUT2D eigenvalue weighted by Crippen LogP contribution is 2.26. The average Bonchev–Trinajstić information content (AvgIpc) is 2.73. The number of hydrogen-bond donors (Lipinski definition) is 0. The molecule has 0 spiro atoms. The van der Waals surface area contributed by atoms with Crippen molar-refractivity contribution < 1.29 is 9.15 Å². The zero-order valence-electron chi connectivity index (χ0n) is 10.6. The minimum Gasteiger partial charge on any atom is -0.485 e. The van der Waals surface area contributed by atoms with E-state index in [4.69, 9.17) is 9.15 Å². The van der Waals surface area contributed by atoms with Gasteiger partial charge in [0.05, 0.1) is 0 Å². The standard InChI is InChI=1S/C15H18O2/c1-11(2)14-6-4-5-7-15(14)16-10-13-9-8-12(3)17-13/h4-9,11H,10H2,1-3H3. The van der Waals surface area contributed by atoms with Crippen LogP contribution >= 0.6 is 0 Å². The molecular formula is C15H18O2. The number of hydrogen-bond acceptors (Lipinski definition) is 2. The highest BCUT2D eigenvalue weighted by molar-refractivity contribution is 5.35. The van der Waals surface area contributed by atoms with E-state index >= 15 is 0 Å². The first-order valence-corrected chi connectivity index (χ1v) is 5.94. The molecule has 17 heavy (non-hydrogen) atoms. The van der Waals surface area contributed by atoms with Crippen LogP contribution in [-0.2, 0) is 6.61 Å². The topological polar surface area (TPSA) is 22.4 Å². The van der Waals surface area contributed by atoms with Gasteiger partial charge in [0.1, 0.15) is 23.9 Å². The van der Waals surface area contributed by atoms with Crippen LogP contribution in [0.3, 0.4) is 0 Å². The molecule has 0 unspecified atom stereocenters. The van der Waals surface area contributed by atoms with E-state index < -0.39 is 0 Å². The Kier molecular flexibility index (Phi) is 3.52. The van der Waals surface area contributed by atoms with Gasteiger partial charge in [-0.25, -0.2) is 0 Å². The Morgan fingerprint density at radius 3 is 2.53 bits per heavy atom. The highest BCUT2D eigenvalue weighted by Gasteiger charge is 2.07. The number of ether oxygens (including phenoxy) is 1. The molecule has 2 aromatic rings. The maximum absolute atomic E-state index is 5.80. The van der Waals surface area contributed by atoms with Gasteiger partial charge >= 0.3 is 0 Å². The smallest absolute Gasteiger partial charge is 0.146 e. The van der Waals surface area contributed by atoms with Crippen LogP contribution < -0.4 is 4.74 Å². The van der Waals surface area contributed by atoms with Crippen LogP contribution in [0.25, 0.3) is 0 Å². The van der Waals surface area contributed by atoms with Crippen molar-refractivity contribution >= 4 is 0 Å². The predicted molar refractivity (Wildman–Crippen MR) is 68.3 cm³/mol. The van der Waals surface area contributed by atoms with Gasteiger partial charge in [0.2, 0.25) is 0 Å². The van der Waals surface area contributed by atoms with Crippen molar-refractivity contribution in [1.82, 2.24) is 0 Å². The third kappa shape index (κ3) is 2.90. The minimum absolute atomic E-state index is 0.463. The fourth-order valence-electron chi connectivity index (χ4n) is 1.80. The first-order chi connectivity index (χ1) is 8.16. The molecule has 0 aliphatic rings. The molecule has 1 heterocycles. The van der Waals surface area contributed by atoms with Crippen LogP contribution in [0.5, 0.6) is 5.75 Å². The van der Waals surface area contributed by atoms with Crippen molar-refractivity contribution in [2.75, 3.05) is 0 Å². The summed E-state index contributed by atoms with van der Waals surface area (Å²) in [6.07, 6.45) is 0. The molecule has 90 valence electrons. The Morgan fingerprint density at radius 1 is 1.12 bits per heavy atom. The van der Waals surface area contributed by atoms with Crippen molar-refractivity contribution in [2.24, 2.45) is 0 Å². The molecule has 2 rings (SSSR count). The van der Waals surface area contributed by atoms with Crippen molar-refractivity contribution in [3.05, 3.63) is 53.5 Å². The molecule has 0 N–H and O–H groups in total. The van der Waals surface area contributed by atoms with Crippen LogP contribution in [-0.4, -0.2) is 0 Å². The minimum atomic E-state index is 0.463. The van der Waals surface area contributed by atoms with Gasteiger partial charge < -0.3 is 9.15 Å². The molecule has 0 aliphatic carbocycles. The van der Waals surface area contributed by atoms with E-state index in [0.29, 0.717) is 12.5 Å². The first kappa shape index (κ1) is 11.8. The lowest BCUT2D eigenvalue weighted by Crippen LogP contribution is -1.98. The van der Waals surface area contributed by atoms with Crippen LogP contribution in [0.15, 0.2) is 40.8 Å². The third-order valence-electron chi connectivity index (χ3n) is 2.71. The molecular weight excluding hydrogens is 212 g/mol. The number of para-hydroxylation sites is 1. The Bertz CT molecular complexity index is 483. The van der Waals surface area contributed by atoms with E-state index in [2.05, 4.69) is 19.9 Å². The lowest BCUT2D eigenvalue weighted by molar-refractivity contribution is 0.264. The van der Waals surface area contributed by atoms with Crippen molar-refractivity contribution in [3.63, 3.8) is 0 Å². The van der Waals surface area contributed by atoms with E-state index in [1.165, 1.54) is 5.56 Å². The van der Waals surface area contributed by atoms with E-state index in [9.17, 15) is 0 Å². The lowest BCUT2D eigenvalue weighted by Gasteiger charge is -2.12. The maximum atomic E-state index is 5.80. The Labute approximate surface area is 102 Å². The van der Waals surface area contributed by atoms with Crippen molar-refractivity contribution in [3.8, 4) is 5.75 Å². The molecule has 0 radical (unpaired) electrons. The van der Waals surface area contributed by atoms with Gasteiger partial charge in [-0.15, -0.1) is 0 Å². The molecule has 0 fully saturated rings. The average molecular weight is 230 g/mol. The molecule has 0 saturated carbocycles. The largest absolute Gasteiger partial charge is 0.485 e. The molecule has 2 nitrogen and oxygen atoms in total. The molecule has 1 aromatic heterocycles. The summed E-state index contributed by atoms with van der Waals surface area (Å²) in [6, 6.07) is 12.0. The van der Waals surface area contributed by atoms with Gasteiger partial charge in [-0.3, -0.25) is 0 Å². The first-order valence-electron chi connectivity index (χ1n) is 5.94. The molecule has 0 amide bonds. The van der Waals surface area contributed by atoms with E-state index in [0.717, 1.165) is 17.3 Å². The van der Waals surface area contributed by atoms with Crippen molar-refractivity contribution in [2.45, 2.75) is 33.3 Å². The summed E-state index contributed by atoms with van der Waals surface area (Å²) < 4.78 is 11.3. The van der Waals surface area contributed by atoms with Crippen LogP contribution in [0.1, 0.15) is 36.8 Å². The fourth-order valence-corrected chi connectivity index (χ4v) is 1.80. The number of rotatable bonds is 4. The summed E-state index contributed by atoms with van der Waals surface area (Å²) in [5.74, 6) is 3.18. The highest BCUT2D eigenvalue weighted by atomic mass is 16.5. The Morgan fingerprint density at radius 2 is 1.88 bits per heavy atom. The predicted octanol–water partition coefficient (Wildman–Crippen LogP) is 4.29. The van der Waals surface area contributed by atoms with E-state index in [1.54, 1.807) is 0 Å². The second kappa shape index (κ2) is 5.09. The van der Waals surface area contributed by atoms with Crippen molar-refractivity contribution in [1.29, 1.82) is 0 Å².